The molecule has 0 aromatic heterocycles. The SMILES string of the molecule is OC(c1ccccc1)(c1ccccc1)[C@@H]1OC2(CCCC2)O[C@H]1C(O)(c1ccccc1)c1ccccc1. The lowest BCUT2D eigenvalue weighted by Gasteiger charge is -2.42. The van der Waals surface area contributed by atoms with Gasteiger partial charge in [0.2, 0.25) is 0 Å². The molecule has 188 valence electrons. The molecule has 4 nitrogen and oxygen atoms in total. The van der Waals surface area contributed by atoms with Crippen LogP contribution in [0.4, 0.5) is 0 Å². The van der Waals surface area contributed by atoms with Crippen LogP contribution in [0.15, 0.2) is 121 Å². The van der Waals surface area contributed by atoms with Gasteiger partial charge in [-0.15, -0.1) is 0 Å². The van der Waals surface area contributed by atoms with E-state index in [0.717, 1.165) is 25.7 Å². The minimum Gasteiger partial charge on any atom is -0.378 e. The monoisotopic (exact) mass is 492 g/mol. The first-order valence-corrected chi connectivity index (χ1v) is 13.1. The van der Waals surface area contributed by atoms with Gasteiger partial charge in [0.25, 0.3) is 0 Å². The fourth-order valence-electron chi connectivity index (χ4n) is 6.13. The molecular weight excluding hydrogens is 460 g/mol. The maximum Gasteiger partial charge on any atom is 0.169 e. The number of ether oxygens (including phenoxy) is 2. The van der Waals surface area contributed by atoms with Crippen LogP contribution < -0.4 is 0 Å². The standard InChI is InChI=1S/C33H32O4/c34-32(25-15-5-1-6-16-25,26-17-7-2-8-18-26)29-30(37-31(36-29)23-13-14-24-31)33(35,27-19-9-3-10-20-27)28-21-11-4-12-22-28/h1-12,15-22,29-30,34-35H,13-14,23-24H2/t29-,30-/m1/s1. The summed E-state index contributed by atoms with van der Waals surface area (Å²) < 4.78 is 13.7. The summed E-state index contributed by atoms with van der Waals surface area (Å²) in [5, 5.41) is 25.6. The third-order valence-corrected chi connectivity index (χ3v) is 8.00. The predicted molar refractivity (Wildman–Crippen MR) is 143 cm³/mol. The second-order valence-corrected chi connectivity index (χ2v) is 10.2. The molecule has 1 heterocycles. The highest BCUT2D eigenvalue weighted by molar-refractivity contribution is 5.43. The summed E-state index contributed by atoms with van der Waals surface area (Å²) in [6.45, 7) is 0. The van der Waals surface area contributed by atoms with Crippen LogP contribution in [0.25, 0.3) is 0 Å². The van der Waals surface area contributed by atoms with Gasteiger partial charge in [0.05, 0.1) is 0 Å². The number of benzene rings is 4. The van der Waals surface area contributed by atoms with E-state index in [0.29, 0.717) is 22.3 Å². The Labute approximate surface area is 218 Å². The fraction of sp³-hybridized carbons (Fsp3) is 0.273. The Balaban J connectivity index is 1.59. The van der Waals surface area contributed by atoms with Gasteiger partial charge in [-0.2, -0.15) is 0 Å². The molecule has 0 amide bonds. The van der Waals surface area contributed by atoms with Crippen LogP contribution in [-0.4, -0.2) is 28.2 Å². The first-order chi connectivity index (χ1) is 18.1. The van der Waals surface area contributed by atoms with Gasteiger partial charge in [0.15, 0.2) is 5.79 Å². The molecule has 1 aliphatic carbocycles. The largest absolute Gasteiger partial charge is 0.378 e. The van der Waals surface area contributed by atoms with E-state index in [1.54, 1.807) is 0 Å². The van der Waals surface area contributed by atoms with Gasteiger partial charge >= 0.3 is 0 Å². The lowest BCUT2D eigenvalue weighted by atomic mass is 9.72. The van der Waals surface area contributed by atoms with E-state index in [4.69, 9.17) is 9.47 Å². The molecule has 1 saturated heterocycles. The van der Waals surface area contributed by atoms with Crippen molar-refractivity contribution in [3.63, 3.8) is 0 Å². The fourth-order valence-corrected chi connectivity index (χ4v) is 6.13. The first kappa shape index (κ1) is 24.1. The summed E-state index contributed by atoms with van der Waals surface area (Å²) in [5.41, 5.74) is -0.374. The predicted octanol–water partition coefficient (Wildman–Crippen LogP) is 5.91. The van der Waals surface area contributed by atoms with Crippen molar-refractivity contribution >= 4 is 0 Å². The van der Waals surface area contributed by atoms with E-state index in [1.807, 2.05) is 121 Å². The van der Waals surface area contributed by atoms with Gasteiger partial charge in [-0.25, -0.2) is 0 Å². The minimum absolute atomic E-state index is 0.693. The average molecular weight is 493 g/mol. The second kappa shape index (κ2) is 9.55. The van der Waals surface area contributed by atoms with Crippen molar-refractivity contribution in [3.8, 4) is 0 Å². The molecule has 2 aliphatic rings. The number of hydrogen-bond donors (Lipinski definition) is 2. The van der Waals surface area contributed by atoms with E-state index in [9.17, 15) is 10.2 Å². The molecule has 6 rings (SSSR count). The van der Waals surface area contributed by atoms with Crippen molar-refractivity contribution in [2.45, 2.75) is 54.9 Å². The summed E-state index contributed by atoms with van der Waals surface area (Å²) >= 11 is 0. The lowest BCUT2D eigenvalue weighted by molar-refractivity contribution is -0.192. The van der Waals surface area contributed by atoms with Crippen LogP contribution in [0, 0.1) is 0 Å². The molecule has 4 heteroatoms. The van der Waals surface area contributed by atoms with Crippen molar-refractivity contribution in [3.05, 3.63) is 144 Å². The Morgan fingerprint density at radius 3 is 1.03 bits per heavy atom. The maximum atomic E-state index is 12.8. The van der Waals surface area contributed by atoms with Crippen molar-refractivity contribution in [2.75, 3.05) is 0 Å². The molecule has 1 spiro atoms. The molecule has 4 aromatic carbocycles. The Bertz CT molecular complexity index is 1120. The average Bonchev–Trinajstić information content (AvgIpc) is 3.61. The summed E-state index contributed by atoms with van der Waals surface area (Å²) in [7, 11) is 0. The van der Waals surface area contributed by atoms with Gasteiger partial charge in [0.1, 0.15) is 23.4 Å². The summed E-state index contributed by atoms with van der Waals surface area (Å²) in [6.07, 6.45) is 1.62. The Morgan fingerprint density at radius 2 is 0.757 bits per heavy atom. The van der Waals surface area contributed by atoms with Crippen LogP contribution in [0.2, 0.25) is 0 Å². The van der Waals surface area contributed by atoms with Gasteiger partial charge < -0.3 is 19.7 Å². The molecule has 2 N–H and O–H groups in total. The normalized spacial score (nSPS) is 21.4. The van der Waals surface area contributed by atoms with E-state index in [1.165, 1.54) is 0 Å². The molecule has 4 aromatic rings. The first-order valence-electron chi connectivity index (χ1n) is 13.1. The zero-order valence-electron chi connectivity index (χ0n) is 20.7. The van der Waals surface area contributed by atoms with Crippen molar-refractivity contribution in [2.24, 2.45) is 0 Å². The smallest absolute Gasteiger partial charge is 0.169 e. The maximum absolute atomic E-state index is 12.8. The zero-order chi connectivity index (χ0) is 25.3. The quantitative estimate of drug-likeness (QED) is 0.351. The highest BCUT2D eigenvalue weighted by Gasteiger charge is 2.63. The highest BCUT2D eigenvalue weighted by atomic mass is 16.8. The molecule has 2 atom stereocenters. The molecule has 37 heavy (non-hydrogen) atoms. The van der Waals surface area contributed by atoms with E-state index < -0.39 is 29.2 Å². The molecular formula is C33H32O4. The number of aliphatic hydroxyl groups is 2. The summed E-state index contributed by atoms with van der Waals surface area (Å²) in [6, 6.07) is 38.4. The van der Waals surface area contributed by atoms with Crippen LogP contribution >= 0.6 is 0 Å². The van der Waals surface area contributed by atoms with Gasteiger partial charge in [-0.05, 0) is 35.1 Å². The number of rotatable bonds is 6. The molecule has 1 saturated carbocycles. The number of hydrogen-bond acceptors (Lipinski definition) is 4. The third-order valence-electron chi connectivity index (χ3n) is 8.00. The van der Waals surface area contributed by atoms with E-state index in [-0.39, 0.29) is 0 Å². The van der Waals surface area contributed by atoms with Gasteiger partial charge in [-0.3, -0.25) is 0 Å². The van der Waals surface area contributed by atoms with Crippen LogP contribution in [0.1, 0.15) is 47.9 Å². The van der Waals surface area contributed by atoms with Crippen LogP contribution in [0.3, 0.4) is 0 Å². The Kier molecular flexibility index (Phi) is 6.21. The zero-order valence-corrected chi connectivity index (χ0v) is 20.7. The minimum atomic E-state index is -1.57. The summed E-state index contributed by atoms with van der Waals surface area (Å²) in [5.74, 6) is -0.857. The van der Waals surface area contributed by atoms with E-state index >= 15 is 0 Å². The molecule has 0 unspecified atom stereocenters. The molecule has 2 fully saturated rings. The molecule has 0 bridgehead atoms. The Hall–Kier alpha value is -3.28. The van der Waals surface area contributed by atoms with Crippen molar-refractivity contribution in [1.82, 2.24) is 0 Å². The van der Waals surface area contributed by atoms with Crippen molar-refractivity contribution in [1.29, 1.82) is 0 Å². The molecule has 0 radical (unpaired) electrons. The van der Waals surface area contributed by atoms with Crippen LogP contribution in [0.5, 0.6) is 0 Å². The second-order valence-electron chi connectivity index (χ2n) is 10.2. The van der Waals surface area contributed by atoms with Crippen molar-refractivity contribution < 1.29 is 19.7 Å². The third kappa shape index (κ3) is 4.01. The lowest BCUT2D eigenvalue weighted by Crippen LogP contribution is -2.54. The van der Waals surface area contributed by atoms with E-state index in [2.05, 4.69) is 0 Å². The van der Waals surface area contributed by atoms with Gasteiger partial charge in [-0.1, -0.05) is 121 Å². The Morgan fingerprint density at radius 1 is 0.486 bits per heavy atom. The summed E-state index contributed by atoms with van der Waals surface area (Å²) in [4.78, 5) is 0. The van der Waals surface area contributed by atoms with Crippen LogP contribution in [-0.2, 0) is 20.7 Å². The molecule has 1 aliphatic heterocycles. The highest BCUT2D eigenvalue weighted by Crippen LogP contribution is 2.53. The topological polar surface area (TPSA) is 58.9 Å². The van der Waals surface area contributed by atoms with Gasteiger partial charge in [0, 0.05) is 12.8 Å².